The molecule has 1 aromatic heterocycles. The molecule has 0 aliphatic rings. The fourth-order valence-electron chi connectivity index (χ4n) is 2.02. The Morgan fingerprint density at radius 1 is 1.26 bits per heavy atom. The van der Waals surface area contributed by atoms with E-state index in [-0.39, 0.29) is 11.9 Å². The number of rotatable bonds is 4. The maximum atomic E-state index is 13.7. The van der Waals surface area contributed by atoms with Crippen LogP contribution in [0.2, 0.25) is 0 Å². The molecule has 0 radical (unpaired) electrons. The Hall–Kier alpha value is -1.81. The van der Waals surface area contributed by atoms with E-state index in [1.54, 1.807) is 25.3 Å². The molecule has 1 aromatic carbocycles. The molecular formula is C15H18FN3. The van der Waals surface area contributed by atoms with Crippen molar-refractivity contribution in [3.8, 4) is 0 Å². The third kappa shape index (κ3) is 3.15. The van der Waals surface area contributed by atoms with Crippen LogP contribution in [0, 0.1) is 19.7 Å². The summed E-state index contributed by atoms with van der Waals surface area (Å²) in [5.74, 6) is 0.527. The molecule has 3 nitrogen and oxygen atoms in total. The fraction of sp³-hybridized carbons (Fsp3) is 0.333. The standard InChI is InChI=1S/C15H18FN3/c1-4-17-15(14-7-8-18-11(3)19-14)12-6-5-10(2)13(16)9-12/h5-9,15,17H,4H2,1-3H3. The van der Waals surface area contributed by atoms with E-state index in [2.05, 4.69) is 15.3 Å². The summed E-state index contributed by atoms with van der Waals surface area (Å²) in [6.45, 7) is 6.41. The number of benzene rings is 1. The van der Waals surface area contributed by atoms with Gasteiger partial charge in [0.15, 0.2) is 0 Å². The number of hydrogen-bond acceptors (Lipinski definition) is 3. The highest BCUT2D eigenvalue weighted by molar-refractivity contribution is 5.31. The molecule has 1 heterocycles. The molecular weight excluding hydrogens is 241 g/mol. The number of halogens is 1. The van der Waals surface area contributed by atoms with Gasteiger partial charge in [0.1, 0.15) is 11.6 Å². The van der Waals surface area contributed by atoms with Crippen LogP contribution in [0.3, 0.4) is 0 Å². The summed E-state index contributed by atoms with van der Waals surface area (Å²) in [5, 5.41) is 3.33. The van der Waals surface area contributed by atoms with E-state index in [0.29, 0.717) is 11.4 Å². The van der Waals surface area contributed by atoms with Gasteiger partial charge in [0.25, 0.3) is 0 Å². The van der Waals surface area contributed by atoms with Crippen molar-refractivity contribution in [1.29, 1.82) is 0 Å². The van der Waals surface area contributed by atoms with Gasteiger partial charge in [-0.15, -0.1) is 0 Å². The van der Waals surface area contributed by atoms with E-state index < -0.39 is 0 Å². The highest BCUT2D eigenvalue weighted by atomic mass is 19.1. The smallest absolute Gasteiger partial charge is 0.126 e. The lowest BCUT2D eigenvalue weighted by Gasteiger charge is -2.18. The zero-order chi connectivity index (χ0) is 13.8. The number of aryl methyl sites for hydroxylation is 2. The predicted molar refractivity (Wildman–Crippen MR) is 73.4 cm³/mol. The lowest BCUT2D eigenvalue weighted by atomic mass is 10.0. The van der Waals surface area contributed by atoms with E-state index in [0.717, 1.165) is 17.8 Å². The van der Waals surface area contributed by atoms with Crippen molar-refractivity contribution in [1.82, 2.24) is 15.3 Å². The van der Waals surface area contributed by atoms with Gasteiger partial charge in [-0.25, -0.2) is 14.4 Å². The fourth-order valence-corrected chi connectivity index (χ4v) is 2.02. The molecule has 0 saturated heterocycles. The highest BCUT2D eigenvalue weighted by Gasteiger charge is 2.15. The summed E-state index contributed by atoms with van der Waals surface area (Å²) in [4.78, 5) is 8.52. The van der Waals surface area contributed by atoms with Gasteiger partial charge >= 0.3 is 0 Å². The van der Waals surface area contributed by atoms with E-state index in [9.17, 15) is 4.39 Å². The third-order valence-corrected chi connectivity index (χ3v) is 3.03. The summed E-state index contributed by atoms with van der Waals surface area (Å²) in [5.41, 5.74) is 2.39. The van der Waals surface area contributed by atoms with Crippen LogP contribution >= 0.6 is 0 Å². The minimum absolute atomic E-state index is 0.109. The molecule has 0 spiro atoms. The largest absolute Gasteiger partial charge is 0.305 e. The number of hydrogen-bond donors (Lipinski definition) is 1. The molecule has 19 heavy (non-hydrogen) atoms. The molecule has 4 heteroatoms. The second kappa shape index (κ2) is 5.89. The van der Waals surface area contributed by atoms with Crippen LogP contribution in [0.15, 0.2) is 30.5 Å². The van der Waals surface area contributed by atoms with Gasteiger partial charge in [-0.1, -0.05) is 19.1 Å². The second-order valence-corrected chi connectivity index (χ2v) is 4.53. The first-order valence-electron chi connectivity index (χ1n) is 6.40. The number of nitrogens with zero attached hydrogens (tertiary/aromatic N) is 2. The lowest BCUT2D eigenvalue weighted by Crippen LogP contribution is -2.23. The topological polar surface area (TPSA) is 37.8 Å². The van der Waals surface area contributed by atoms with Crippen LogP contribution in [-0.4, -0.2) is 16.5 Å². The first-order chi connectivity index (χ1) is 9.11. The molecule has 1 unspecified atom stereocenters. The van der Waals surface area contributed by atoms with Crippen molar-refractivity contribution in [2.45, 2.75) is 26.8 Å². The van der Waals surface area contributed by atoms with E-state index >= 15 is 0 Å². The van der Waals surface area contributed by atoms with Crippen molar-refractivity contribution >= 4 is 0 Å². The number of aromatic nitrogens is 2. The minimum Gasteiger partial charge on any atom is -0.305 e. The van der Waals surface area contributed by atoms with Crippen LogP contribution in [-0.2, 0) is 0 Å². The monoisotopic (exact) mass is 259 g/mol. The summed E-state index contributed by atoms with van der Waals surface area (Å²) in [6.07, 6.45) is 1.73. The first kappa shape index (κ1) is 13.6. The van der Waals surface area contributed by atoms with Gasteiger partial charge in [-0.05, 0) is 43.7 Å². The normalized spacial score (nSPS) is 12.4. The molecule has 2 rings (SSSR count). The predicted octanol–water partition coefficient (Wildman–Crippen LogP) is 2.93. The molecule has 0 aliphatic heterocycles. The molecule has 1 atom stereocenters. The zero-order valence-electron chi connectivity index (χ0n) is 11.4. The Kier molecular flexibility index (Phi) is 4.22. The van der Waals surface area contributed by atoms with Crippen molar-refractivity contribution in [2.75, 3.05) is 6.54 Å². The van der Waals surface area contributed by atoms with Gasteiger partial charge in [0, 0.05) is 6.20 Å². The Balaban J connectivity index is 2.42. The van der Waals surface area contributed by atoms with Gasteiger partial charge in [-0.3, -0.25) is 0 Å². The third-order valence-electron chi connectivity index (χ3n) is 3.03. The van der Waals surface area contributed by atoms with E-state index in [1.165, 1.54) is 0 Å². The van der Waals surface area contributed by atoms with Gasteiger partial charge in [0.05, 0.1) is 11.7 Å². The van der Waals surface area contributed by atoms with Gasteiger partial charge in [0.2, 0.25) is 0 Å². The lowest BCUT2D eigenvalue weighted by molar-refractivity contribution is 0.589. The summed E-state index contributed by atoms with van der Waals surface area (Å²) in [6, 6.07) is 7.05. The Labute approximate surface area is 112 Å². The van der Waals surface area contributed by atoms with E-state index in [1.807, 2.05) is 26.0 Å². The van der Waals surface area contributed by atoms with Crippen LogP contribution in [0.1, 0.15) is 35.6 Å². The van der Waals surface area contributed by atoms with Crippen molar-refractivity contribution in [3.05, 3.63) is 58.9 Å². The van der Waals surface area contributed by atoms with Crippen molar-refractivity contribution < 1.29 is 4.39 Å². The van der Waals surface area contributed by atoms with Crippen LogP contribution in [0.4, 0.5) is 4.39 Å². The SMILES string of the molecule is CCNC(c1ccc(C)c(F)c1)c1ccnc(C)n1. The number of nitrogens with one attached hydrogen (secondary N) is 1. The van der Waals surface area contributed by atoms with Crippen LogP contribution in [0.25, 0.3) is 0 Å². The Morgan fingerprint density at radius 2 is 2.05 bits per heavy atom. The average molecular weight is 259 g/mol. The first-order valence-corrected chi connectivity index (χ1v) is 6.40. The van der Waals surface area contributed by atoms with Gasteiger partial charge in [-0.2, -0.15) is 0 Å². The summed E-state index contributed by atoms with van der Waals surface area (Å²) < 4.78 is 13.7. The van der Waals surface area contributed by atoms with Crippen molar-refractivity contribution in [3.63, 3.8) is 0 Å². The molecule has 1 N–H and O–H groups in total. The molecule has 0 bridgehead atoms. The molecule has 0 amide bonds. The quantitative estimate of drug-likeness (QED) is 0.917. The maximum Gasteiger partial charge on any atom is 0.126 e. The van der Waals surface area contributed by atoms with Crippen LogP contribution in [0.5, 0.6) is 0 Å². The molecule has 0 aliphatic carbocycles. The average Bonchev–Trinajstić information content (AvgIpc) is 2.39. The molecule has 0 saturated carbocycles. The second-order valence-electron chi connectivity index (χ2n) is 4.53. The zero-order valence-corrected chi connectivity index (χ0v) is 11.4. The minimum atomic E-state index is -0.189. The van der Waals surface area contributed by atoms with Gasteiger partial charge < -0.3 is 5.32 Å². The molecule has 2 aromatic rings. The molecule has 0 fully saturated rings. The Bertz CT molecular complexity index is 569. The Morgan fingerprint density at radius 3 is 2.68 bits per heavy atom. The van der Waals surface area contributed by atoms with Crippen molar-refractivity contribution in [2.24, 2.45) is 0 Å². The maximum absolute atomic E-state index is 13.7. The highest BCUT2D eigenvalue weighted by Crippen LogP contribution is 2.22. The molecule has 100 valence electrons. The van der Waals surface area contributed by atoms with E-state index in [4.69, 9.17) is 0 Å². The summed E-state index contributed by atoms with van der Waals surface area (Å²) >= 11 is 0. The summed E-state index contributed by atoms with van der Waals surface area (Å²) in [7, 11) is 0. The van der Waals surface area contributed by atoms with Crippen LogP contribution < -0.4 is 5.32 Å².